The first kappa shape index (κ1) is 21.8. The minimum Gasteiger partial charge on any atom is -0.508 e. The quantitative estimate of drug-likeness (QED) is 0.325. The van der Waals surface area contributed by atoms with Crippen molar-refractivity contribution in [3.05, 3.63) is 96.3 Å². The Balaban J connectivity index is 1.49. The van der Waals surface area contributed by atoms with Crippen molar-refractivity contribution in [2.24, 2.45) is 5.92 Å². The van der Waals surface area contributed by atoms with Gasteiger partial charge in [-0.1, -0.05) is 74.4 Å². The summed E-state index contributed by atoms with van der Waals surface area (Å²) in [6.07, 6.45) is 13.6. The van der Waals surface area contributed by atoms with E-state index in [9.17, 15) is 5.11 Å². The first-order chi connectivity index (χ1) is 16.7. The Labute approximate surface area is 198 Å². The van der Waals surface area contributed by atoms with Crippen molar-refractivity contribution >= 4 is 0 Å². The summed E-state index contributed by atoms with van der Waals surface area (Å²) in [5.74, 6) is 1.99. The highest BCUT2D eigenvalue weighted by Gasteiger charge is 2.41. The van der Waals surface area contributed by atoms with E-state index in [0.29, 0.717) is 5.82 Å². The monoisotopic (exact) mass is 452 g/mol. The summed E-state index contributed by atoms with van der Waals surface area (Å²) in [5, 5.41) is 25.0. The average molecular weight is 453 g/mol. The van der Waals surface area contributed by atoms with Crippen molar-refractivity contribution in [2.45, 2.75) is 38.0 Å². The van der Waals surface area contributed by atoms with Gasteiger partial charge in [-0.3, -0.25) is 0 Å². The highest BCUT2D eigenvalue weighted by molar-refractivity contribution is 5.80. The molecule has 0 saturated heterocycles. The van der Waals surface area contributed by atoms with Gasteiger partial charge in [0.2, 0.25) is 5.82 Å². The van der Waals surface area contributed by atoms with Crippen LogP contribution in [0.1, 0.15) is 37.6 Å². The predicted molar refractivity (Wildman–Crippen MR) is 132 cm³/mol. The summed E-state index contributed by atoms with van der Waals surface area (Å²) in [4.78, 5) is 7.97. The molecule has 34 heavy (non-hydrogen) atoms. The number of allylic oxidation sites excluding steroid dienone is 3. The highest BCUT2D eigenvalue weighted by Crippen LogP contribution is 2.43. The number of H-pyrrole nitrogens is 2. The van der Waals surface area contributed by atoms with Crippen molar-refractivity contribution in [3.63, 3.8) is 0 Å². The van der Waals surface area contributed by atoms with Crippen LogP contribution in [0.5, 0.6) is 0 Å². The van der Waals surface area contributed by atoms with E-state index in [-0.39, 0.29) is 11.7 Å². The van der Waals surface area contributed by atoms with Crippen LogP contribution in [0.4, 0.5) is 0 Å². The molecule has 2 aromatic heterocycles. The molecule has 0 fully saturated rings. The van der Waals surface area contributed by atoms with Crippen LogP contribution in [0, 0.1) is 5.92 Å². The number of aliphatic hydroxyl groups excluding tert-OH is 1. The third kappa shape index (κ3) is 4.17. The largest absolute Gasteiger partial charge is 0.508 e. The van der Waals surface area contributed by atoms with Gasteiger partial charge < -0.3 is 10.1 Å². The van der Waals surface area contributed by atoms with Gasteiger partial charge in [-0.15, -0.1) is 10.2 Å². The minimum atomic E-state index is -0.429. The van der Waals surface area contributed by atoms with Crippen molar-refractivity contribution in [3.8, 4) is 22.5 Å². The Hall–Kier alpha value is -4.00. The first-order valence-electron chi connectivity index (χ1n) is 11.7. The van der Waals surface area contributed by atoms with E-state index in [1.807, 2.05) is 36.5 Å². The van der Waals surface area contributed by atoms with E-state index < -0.39 is 5.41 Å². The number of nitrogens with one attached hydrogen (secondary N) is 2. The second-order valence-corrected chi connectivity index (χ2v) is 8.81. The Bertz CT molecular complexity index is 1280. The zero-order chi connectivity index (χ0) is 23.4. The first-order valence-corrected chi connectivity index (χ1v) is 11.7. The lowest BCUT2D eigenvalue weighted by Gasteiger charge is -2.38. The van der Waals surface area contributed by atoms with E-state index in [1.54, 1.807) is 6.20 Å². The van der Waals surface area contributed by atoms with Gasteiger partial charge in [0.15, 0.2) is 0 Å². The van der Waals surface area contributed by atoms with E-state index in [1.165, 1.54) is 5.56 Å². The zero-order valence-corrected chi connectivity index (χ0v) is 19.1. The number of aromatic amines is 2. The molecule has 2 heterocycles. The number of rotatable bonds is 8. The number of hydrogen-bond donors (Lipinski definition) is 3. The molecule has 3 N–H and O–H groups in total. The molecule has 1 aliphatic carbocycles. The summed E-state index contributed by atoms with van der Waals surface area (Å²) >= 11 is 0. The third-order valence-corrected chi connectivity index (χ3v) is 6.65. The Morgan fingerprint density at radius 3 is 2.59 bits per heavy atom. The molecule has 0 radical (unpaired) electrons. The predicted octanol–water partition coefficient (Wildman–Crippen LogP) is 5.56. The van der Waals surface area contributed by atoms with E-state index in [4.69, 9.17) is 0 Å². The number of nitrogens with zero attached hydrogens (tertiary/aromatic N) is 4. The van der Waals surface area contributed by atoms with Crippen LogP contribution in [-0.4, -0.2) is 35.7 Å². The molecule has 1 aliphatic rings. The number of aliphatic hydroxyl groups is 1. The fourth-order valence-electron chi connectivity index (χ4n) is 4.96. The Morgan fingerprint density at radius 2 is 1.88 bits per heavy atom. The molecular formula is C27H28N6O. The number of imidazole rings is 1. The van der Waals surface area contributed by atoms with Gasteiger partial charge in [0.05, 0.1) is 5.41 Å². The standard InChI is InChI=1S/C27H28N6O/c1-2-3-6-21-13-14-22(34)18-27(21,26-28-15-16-29-26)17-19-9-11-20(12-10-19)23-7-4-5-8-24(23)25-30-32-33-31-25/h4-5,7-16,18,21,34H,2-3,6,17H2,1H3,(H,28,29)(H,30,31,32,33). The van der Waals surface area contributed by atoms with Gasteiger partial charge in [-0.05, 0) is 52.8 Å². The smallest absolute Gasteiger partial charge is 0.205 e. The zero-order valence-electron chi connectivity index (χ0n) is 19.1. The van der Waals surface area contributed by atoms with E-state index in [2.05, 4.69) is 73.9 Å². The van der Waals surface area contributed by atoms with Crippen LogP contribution in [0.25, 0.3) is 22.5 Å². The molecule has 7 heteroatoms. The van der Waals surface area contributed by atoms with Crippen LogP contribution in [-0.2, 0) is 11.8 Å². The van der Waals surface area contributed by atoms with Crippen molar-refractivity contribution in [2.75, 3.05) is 0 Å². The molecule has 0 saturated carbocycles. The molecule has 2 aromatic carbocycles. The number of unbranched alkanes of at least 4 members (excludes halogenated alkanes) is 1. The maximum atomic E-state index is 10.5. The molecule has 7 nitrogen and oxygen atoms in total. The molecule has 0 spiro atoms. The molecular weight excluding hydrogens is 424 g/mol. The van der Waals surface area contributed by atoms with Crippen molar-refractivity contribution in [1.82, 2.24) is 30.6 Å². The normalized spacial score (nSPS) is 19.8. The summed E-state index contributed by atoms with van der Waals surface area (Å²) in [6.45, 7) is 2.21. The summed E-state index contributed by atoms with van der Waals surface area (Å²) in [7, 11) is 0. The second-order valence-electron chi connectivity index (χ2n) is 8.81. The number of tetrazole rings is 1. The van der Waals surface area contributed by atoms with Gasteiger partial charge in [0.25, 0.3) is 0 Å². The lowest BCUT2D eigenvalue weighted by atomic mass is 9.66. The van der Waals surface area contributed by atoms with Crippen LogP contribution in [0.3, 0.4) is 0 Å². The molecule has 5 rings (SSSR count). The van der Waals surface area contributed by atoms with Gasteiger partial charge in [0, 0.05) is 18.0 Å². The molecule has 2 atom stereocenters. The maximum Gasteiger partial charge on any atom is 0.205 e. The van der Waals surface area contributed by atoms with Gasteiger partial charge in [-0.2, -0.15) is 5.21 Å². The fraction of sp³-hybridized carbons (Fsp3) is 0.259. The third-order valence-electron chi connectivity index (χ3n) is 6.65. The number of aromatic nitrogens is 6. The maximum absolute atomic E-state index is 10.5. The van der Waals surface area contributed by atoms with Crippen LogP contribution in [0.2, 0.25) is 0 Å². The van der Waals surface area contributed by atoms with Gasteiger partial charge in [0.1, 0.15) is 11.6 Å². The van der Waals surface area contributed by atoms with E-state index >= 15 is 0 Å². The van der Waals surface area contributed by atoms with Crippen LogP contribution < -0.4 is 0 Å². The number of benzene rings is 2. The molecule has 172 valence electrons. The summed E-state index contributed by atoms with van der Waals surface area (Å²) in [5.41, 5.74) is 3.82. The molecule has 0 amide bonds. The second kappa shape index (κ2) is 9.47. The molecule has 0 bridgehead atoms. The summed E-state index contributed by atoms with van der Waals surface area (Å²) < 4.78 is 0. The Morgan fingerprint density at radius 1 is 1.06 bits per heavy atom. The Kier molecular flexibility index (Phi) is 6.08. The van der Waals surface area contributed by atoms with Gasteiger partial charge >= 0.3 is 0 Å². The topological polar surface area (TPSA) is 103 Å². The molecule has 0 aliphatic heterocycles. The highest BCUT2D eigenvalue weighted by atomic mass is 16.3. The lowest BCUT2D eigenvalue weighted by molar-refractivity contribution is 0.317. The molecule has 2 unspecified atom stereocenters. The minimum absolute atomic E-state index is 0.244. The SMILES string of the molecule is CCCCC1C=CC(O)=CC1(Cc1ccc(-c2ccccc2-c2nn[nH]n2)cc1)c1ncc[nH]1. The van der Waals surface area contributed by atoms with Crippen LogP contribution in [0.15, 0.2) is 84.9 Å². The van der Waals surface area contributed by atoms with Gasteiger partial charge in [-0.25, -0.2) is 4.98 Å². The number of hydrogen-bond acceptors (Lipinski definition) is 5. The fourth-order valence-corrected chi connectivity index (χ4v) is 4.96. The van der Waals surface area contributed by atoms with Crippen molar-refractivity contribution in [1.29, 1.82) is 0 Å². The van der Waals surface area contributed by atoms with Crippen molar-refractivity contribution < 1.29 is 5.11 Å². The summed E-state index contributed by atoms with van der Waals surface area (Å²) in [6, 6.07) is 16.6. The molecule has 4 aromatic rings. The van der Waals surface area contributed by atoms with Crippen LogP contribution >= 0.6 is 0 Å². The lowest BCUT2D eigenvalue weighted by Crippen LogP contribution is -2.38. The average Bonchev–Trinajstić information content (AvgIpc) is 3.59. The van der Waals surface area contributed by atoms with E-state index in [0.717, 1.165) is 48.2 Å².